The van der Waals surface area contributed by atoms with E-state index in [1.807, 2.05) is 37.3 Å². The smallest absolute Gasteiger partial charge is 0.330 e. The van der Waals surface area contributed by atoms with Crippen LogP contribution >= 0.6 is 0 Å². The zero-order chi connectivity index (χ0) is 17.8. The van der Waals surface area contributed by atoms with Crippen molar-refractivity contribution in [3.05, 3.63) is 64.7 Å². The monoisotopic (exact) mass is 339 g/mol. The minimum Gasteiger partial charge on any atom is -0.493 e. The summed E-state index contributed by atoms with van der Waals surface area (Å²) in [6, 6.07) is 12.2. The van der Waals surface area contributed by atoms with Crippen molar-refractivity contribution in [1.29, 1.82) is 0 Å². The summed E-state index contributed by atoms with van der Waals surface area (Å²) in [6.07, 6.45) is 1.59. The van der Waals surface area contributed by atoms with E-state index >= 15 is 0 Å². The summed E-state index contributed by atoms with van der Waals surface area (Å²) in [4.78, 5) is 23.8. The van der Waals surface area contributed by atoms with Crippen LogP contribution in [0, 0.1) is 6.92 Å². The standard InChI is InChI=1S/C20H21NO4/c1-13-3-2-4-14(11-13)5-8-18(22)21-19(20(23)24)16-6-7-17-15(12-16)9-10-25-17/h2-4,6-7,11-12,19H,5,8-10H2,1H3,(H,21,22)(H,23,24). The quantitative estimate of drug-likeness (QED) is 0.848. The predicted octanol–water partition coefficient (Wildman–Crippen LogP) is 2.80. The van der Waals surface area contributed by atoms with Crippen molar-refractivity contribution in [2.75, 3.05) is 6.61 Å². The van der Waals surface area contributed by atoms with Gasteiger partial charge in [-0.2, -0.15) is 0 Å². The minimum absolute atomic E-state index is 0.251. The SMILES string of the molecule is Cc1cccc(CCC(=O)NC(C(=O)O)c2ccc3c(c2)CCO3)c1. The Bertz CT molecular complexity index is 800. The van der Waals surface area contributed by atoms with Gasteiger partial charge in [0.25, 0.3) is 0 Å². The lowest BCUT2D eigenvalue weighted by atomic mass is 10.0. The molecule has 0 saturated carbocycles. The van der Waals surface area contributed by atoms with E-state index in [-0.39, 0.29) is 12.3 Å². The lowest BCUT2D eigenvalue weighted by Crippen LogP contribution is -2.33. The number of amides is 1. The first-order valence-electron chi connectivity index (χ1n) is 8.36. The van der Waals surface area contributed by atoms with Gasteiger partial charge in [0.2, 0.25) is 5.91 Å². The molecule has 0 radical (unpaired) electrons. The highest BCUT2D eigenvalue weighted by atomic mass is 16.5. The molecule has 0 saturated heterocycles. The first-order valence-corrected chi connectivity index (χ1v) is 8.36. The van der Waals surface area contributed by atoms with E-state index in [1.165, 1.54) is 0 Å². The maximum Gasteiger partial charge on any atom is 0.330 e. The molecule has 5 heteroatoms. The molecule has 0 aliphatic carbocycles. The van der Waals surface area contributed by atoms with Gasteiger partial charge in [0.15, 0.2) is 6.04 Å². The van der Waals surface area contributed by atoms with Gasteiger partial charge in [0, 0.05) is 12.8 Å². The zero-order valence-electron chi connectivity index (χ0n) is 14.1. The molecule has 2 N–H and O–H groups in total. The fourth-order valence-corrected chi connectivity index (χ4v) is 3.03. The minimum atomic E-state index is -1.07. The van der Waals surface area contributed by atoms with Gasteiger partial charge in [0.05, 0.1) is 6.61 Å². The Morgan fingerprint density at radius 2 is 2.08 bits per heavy atom. The number of benzene rings is 2. The Morgan fingerprint density at radius 3 is 2.84 bits per heavy atom. The summed E-state index contributed by atoms with van der Waals surface area (Å²) in [5.41, 5.74) is 3.76. The zero-order valence-corrected chi connectivity index (χ0v) is 14.1. The van der Waals surface area contributed by atoms with E-state index in [9.17, 15) is 14.7 Å². The molecular formula is C20H21NO4. The van der Waals surface area contributed by atoms with Crippen LogP contribution < -0.4 is 10.1 Å². The summed E-state index contributed by atoms with van der Waals surface area (Å²) < 4.78 is 5.44. The van der Waals surface area contributed by atoms with Crippen LogP contribution in [0.2, 0.25) is 0 Å². The molecule has 3 rings (SSSR count). The number of hydrogen-bond acceptors (Lipinski definition) is 3. The van der Waals surface area contributed by atoms with E-state index in [0.717, 1.165) is 28.9 Å². The number of ether oxygens (including phenoxy) is 1. The van der Waals surface area contributed by atoms with E-state index in [0.29, 0.717) is 18.6 Å². The van der Waals surface area contributed by atoms with Gasteiger partial charge in [-0.25, -0.2) is 4.79 Å². The second kappa shape index (κ2) is 7.38. The third-order valence-corrected chi connectivity index (χ3v) is 4.32. The Morgan fingerprint density at radius 1 is 1.24 bits per heavy atom. The van der Waals surface area contributed by atoms with E-state index in [1.54, 1.807) is 12.1 Å². The van der Waals surface area contributed by atoms with Crippen LogP contribution in [0.3, 0.4) is 0 Å². The Kier molecular flexibility index (Phi) is 5.03. The number of carboxylic acid groups (broad SMARTS) is 1. The van der Waals surface area contributed by atoms with Gasteiger partial charge >= 0.3 is 5.97 Å². The number of aliphatic carboxylic acids is 1. The van der Waals surface area contributed by atoms with Crippen LogP contribution in [0.5, 0.6) is 5.75 Å². The Labute approximate surface area is 146 Å². The van der Waals surface area contributed by atoms with Gasteiger partial charge in [-0.3, -0.25) is 4.79 Å². The molecule has 0 spiro atoms. The van der Waals surface area contributed by atoms with Gasteiger partial charge in [-0.1, -0.05) is 35.9 Å². The molecule has 130 valence electrons. The lowest BCUT2D eigenvalue weighted by Gasteiger charge is -2.16. The van der Waals surface area contributed by atoms with Crippen LogP contribution in [0.4, 0.5) is 0 Å². The largest absolute Gasteiger partial charge is 0.493 e. The predicted molar refractivity (Wildman–Crippen MR) is 93.7 cm³/mol. The maximum atomic E-state index is 12.2. The molecule has 2 aromatic rings. The van der Waals surface area contributed by atoms with Gasteiger partial charge in [0.1, 0.15) is 5.75 Å². The first kappa shape index (κ1) is 17.0. The van der Waals surface area contributed by atoms with Crippen LogP contribution in [-0.4, -0.2) is 23.6 Å². The highest BCUT2D eigenvalue weighted by Crippen LogP contribution is 2.28. The fraction of sp³-hybridized carbons (Fsp3) is 0.300. The molecule has 0 bridgehead atoms. The molecule has 2 aromatic carbocycles. The second-order valence-electron chi connectivity index (χ2n) is 6.29. The fourth-order valence-electron chi connectivity index (χ4n) is 3.03. The summed E-state index contributed by atoms with van der Waals surface area (Å²) in [5.74, 6) is -0.549. The van der Waals surface area contributed by atoms with Crippen LogP contribution in [0.1, 0.15) is 34.7 Å². The van der Waals surface area contributed by atoms with Crippen molar-refractivity contribution >= 4 is 11.9 Å². The Hall–Kier alpha value is -2.82. The first-order chi connectivity index (χ1) is 12.0. The summed E-state index contributed by atoms with van der Waals surface area (Å²) in [7, 11) is 0. The number of hydrogen-bond donors (Lipinski definition) is 2. The number of aryl methyl sites for hydroxylation is 2. The maximum absolute atomic E-state index is 12.2. The number of fused-ring (bicyclic) bond motifs is 1. The number of carbonyl (C=O) groups excluding carboxylic acids is 1. The molecule has 1 atom stereocenters. The molecule has 1 aliphatic rings. The third kappa shape index (κ3) is 4.18. The van der Waals surface area contributed by atoms with Gasteiger partial charge < -0.3 is 15.2 Å². The molecule has 1 aliphatic heterocycles. The number of rotatable bonds is 6. The topological polar surface area (TPSA) is 75.6 Å². The molecular weight excluding hydrogens is 318 g/mol. The number of carbonyl (C=O) groups is 2. The number of carboxylic acids is 1. The van der Waals surface area contributed by atoms with Crippen molar-refractivity contribution < 1.29 is 19.4 Å². The van der Waals surface area contributed by atoms with Crippen LogP contribution in [0.25, 0.3) is 0 Å². The highest BCUT2D eigenvalue weighted by Gasteiger charge is 2.24. The van der Waals surface area contributed by atoms with E-state index in [2.05, 4.69) is 5.32 Å². The average Bonchev–Trinajstić information content (AvgIpc) is 3.05. The number of nitrogens with one attached hydrogen (secondary N) is 1. The lowest BCUT2D eigenvalue weighted by molar-refractivity contribution is -0.142. The van der Waals surface area contributed by atoms with Crippen molar-refractivity contribution in [1.82, 2.24) is 5.32 Å². The van der Waals surface area contributed by atoms with E-state index in [4.69, 9.17) is 4.74 Å². The molecule has 25 heavy (non-hydrogen) atoms. The Balaban J connectivity index is 1.65. The second-order valence-corrected chi connectivity index (χ2v) is 6.29. The molecule has 0 aromatic heterocycles. The summed E-state index contributed by atoms with van der Waals surface area (Å²) >= 11 is 0. The molecule has 1 amide bonds. The highest BCUT2D eigenvalue weighted by molar-refractivity contribution is 5.84. The molecule has 1 heterocycles. The van der Waals surface area contributed by atoms with Crippen molar-refractivity contribution in [2.24, 2.45) is 0 Å². The molecule has 1 unspecified atom stereocenters. The normalized spacial score (nSPS) is 13.6. The van der Waals surface area contributed by atoms with E-state index < -0.39 is 12.0 Å². The van der Waals surface area contributed by atoms with Crippen LogP contribution in [0.15, 0.2) is 42.5 Å². The van der Waals surface area contributed by atoms with Crippen LogP contribution in [-0.2, 0) is 22.4 Å². The average molecular weight is 339 g/mol. The van der Waals surface area contributed by atoms with Gasteiger partial charge in [-0.05, 0) is 42.2 Å². The molecule has 0 fully saturated rings. The van der Waals surface area contributed by atoms with Crippen molar-refractivity contribution in [2.45, 2.75) is 32.2 Å². The summed E-state index contributed by atoms with van der Waals surface area (Å²) in [5, 5.41) is 12.1. The van der Waals surface area contributed by atoms with Crippen molar-refractivity contribution in [3.63, 3.8) is 0 Å². The summed E-state index contributed by atoms with van der Waals surface area (Å²) in [6.45, 7) is 2.61. The molecule has 5 nitrogen and oxygen atoms in total. The van der Waals surface area contributed by atoms with Gasteiger partial charge in [-0.15, -0.1) is 0 Å². The third-order valence-electron chi connectivity index (χ3n) is 4.32. The van der Waals surface area contributed by atoms with Crippen molar-refractivity contribution in [3.8, 4) is 5.75 Å².